The predicted octanol–water partition coefficient (Wildman–Crippen LogP) is 2.80. The molecule has 0 bridgehead atoms. The first-order chi connectivity index (χ1) is 9.01. The van der Waals surface area contributed by atoms with Gasteiger partial charge < -0.3 is 11.1 Å². The molecule has 2 aromatic rings. The van der Waals surface area contributed by atoms with Gasteiger partial charge in [-0.05, 0) is 30.9 Å². The van der Waals surface area contributed by atoms with Gasteiger partial charge in [-0.15, -0.1) is 11.3 Å². The number of rotatable bonds is 4. The fraction of sp³-hybridized carbons (Fsp3) is 0.267. The minimum atomic E-state index is -1.02. The van der Waals surface area contributed by atoms with Gasteiger partial charge in [0.05, 0.1) is 6.04 Å². The summed E-state index contributed by atoms with van der Waals surface area (Å²) in [6, 6.07) is 13.4. The maximum absolute atomic E-state index is 12.3. The molecule has 0 saturated heterocycles. The molecule has 19 heavy (non-hydrogen) atoms. The summed E-state index contributed by atoms with van der Waals surface area (Å²) < 4.78 is 0. The number of thiophene rings is 1. The van der Waals surface area contributed by atoms with Crippen LogP contribution in [0.4, 0.5) is 0 Å². The molecule has 2 atom stereocenters. The Morgan fingerprint density at radius 2 is 1.95 bits per heavy atom. The van der Waals surface area contributed by atoms with E-state index in [0.717, 1.165) is 10.4 Å². The van der Waals surface area contributed by atoms with E-state index < -0.39 is 5.54 Å². The lowest BCUT2D eigenvalue weighted by Crippen LogP contribution is -2.49. The van der Waals surface area contributed by atoms with Gasteiger partial charge in [0.25, 0.3) is 0 Å². The summed E-state index contributed by atoms with van der Waals surface area (Å²) in [6.07, 6.45) is 0. The van der Waals surface area contributed by atoms with Crippen molar-refractivity contribution >= 4 is 17.2 Å². The van der Waals surface area contributed by atoms with Gasteiger partial charge in [0.1, 0.15) is 5.54 Å². The lowest BCUT2D eigenvalue weighted by atomic mass is 9.92. The van der Waals surface area contributed by atoms with Crippen LogP contribution in [0.25, 0.3) is 0 Å². The molecule has 2 rings (SSSR count). The molecule has 3 nitrogen and oxygen atoms in total. The van der Waals surface area contributed by atoms with Gasteiger partial charge in [-0.2, -0.15) is 0 Å². The third-order valence-electron chi connectivity index (χ3n) is 3.16. The van der Waals surface area contributed by atoms with Crippen LogP contribution in [0.2, 0.25) is 0 Å². The third kappa shape index (κ3) is 3.03. The van der Waals surface area contributed by atoms with Gasteiger partial charge in [-0.3, -0.25) is 4.79 Å². The van der Waals surface area contributed by atoms with E-state index in [2.05, 4.69) is 5.32 Å². The smallest absolute Gasteiger partial charge is 0.244 e. The summed E-state index contributed by atoms with van der Waals surface area (Å²) in [7, 11) is 0. The summed E-state index contributed by atoms with van der Waals surface area (Å²) in [5.74, 6) is -0.167. The number of hydrogen-bond donors (Lipinski definition) is 2. The van der Waals surface area contributed by atoms with E-state index >= 15 is 0 Å². The zero-order valence-electron chi connectivity index (χ0n) is 11.1. The van der Waals surface area contributed by atoms with Gasteiger partial charge >= 0.3 is 0 Å². The van der Waals surface area contributed by atoms with Gasteiger partial charge in [0, 0.05) is 4.88 Å². The van der Waals surface area contributed by atoms with Gasteiger partial charge in [-0.25, -0.2) is 0 Å². The SMILES string of the molecule is CC(NC(=O)C(C)(N)c1ccccc1)c1cccs1. The molecule has 1 heterocycles. The Morgan fingerprint density at radius 3 is 2.53 bits per heavy atom. The van der Waals surface area contributed by atoms with Crippen molar-refractivity contribution in [3.05, 3.63) is 58.3 Å². The van der Waals surface area contributed by atoms with Crippen LogP contribution in [-0.2, 0) is 10.3 Å². The molecule has 0 saturated carbocycles. The standard InChI is InChI=1S/C15H18N2OS/c1-11(13-9-6-10-19-13)17-14(18)15(2,16)12-7-4-3-5-8-12/h3-11H,16H2,1-2H3,(H,17,18). The molecule has 0 aliphatic carbocycles. The highest BCUT2D eigenvalue weighted by Crippen LogP contribution is 2.22. The van der Waals surface area contributed by atoms with E-state index in [1.54, 1.807) is 18.3 Å². The fourth-order valence-corrected chi connectivity index (χ4v) is 2.61. The molecule has 0 aliphatic heterocycles. The molecular weight excluding hydrogens is 256 g/mol. The maximum Gasteiger partial charge on any atom is 0.244 e. The van der Waals surface area contributed by atoms with Crippen molar-refractivity contribution in [3.63, 3.8) is 0 Å². The molecule has 2 unspecified atom stereocenters. The van der Waals surface area contributed by atoms with Crippen molar-refractivity contribution in [3.8, 4) is 0 Å². The Bertz CT molecular complexity index is 535. The highest BCUT2D eigenvalue weighted by Gasteiger charge is 2.31. The van der Waals surface area contributed by atoms with E-state index in [1.807, 2.05) is 54.8 Å². The molecule has 1 amide bonds. The Hall–Kier alpha value is -1.65. The van der Waals surface area contributed by atoms with Gasteiger partial charge in [-0.1, -0.05) is 36.4 Å². The molecule has 1 aromatic heterocycles. The molecule has 0 spiro atoms. The molecular formula is C15H18N2OS. The lowest BCUT2D eigenvalue weighted by Gasteiger charge is -2.26. The highest BCUT2D eigenvalue weighted by atomic mass is 32.1. The summed E-state index contributed by atoms with van der Waals surface area (Å²) in [4.78, 5) is 13.5. The van der Waals surface area contributed by atoms with Crippen LogP contribution >= 0.6 is 11.3 Å². The third-order valence-corrected chi connectivity index (χ3v) is 4.22. The molecule has 0 radical (unpaired) electrons. The quantitative estimate of drug-likeness (QED) is 0.900. The Kier molecular flexibility index (Phi) is 4.02. The van der Waals surface area contributed by atoms with Crippen LogP contribution in [0.5, 0.6) is 0 Å². The van der Waals surface area contributed by atoms with E-state index in [4.69, 9.17) is 5.73 Å². The second-order valence-corrected chi connectivity index (χ2v) is 5.76. The number of nitrogens with one attached hydrogen (secondary N) is 1. The van der Waals surface area contributed by atoms with Crippen LogP contribution < -0.4 is 11.1 Å². The topological polar surface area (TPSA) is 55.1 Å². The number of carbonyl (C=O) groups excluding carboxylic acids is 1. The molecule has 100 valence electrons. The van der Waals surface area contributed by atoms with Crippen LogP contribution in [0.3, 0.4) is 0 Å². The highest BCUT2D eigenvalue weighted by molar-refractivity contribution is 7.10. The summed E-state index contributed by atoms with van der Waals surface area (Å²) in [6.45, 7) is 3.70. The number of nitrogens with two attached hydrogens (primary N) is 1. The first-order valence-electron chi connectivity index (χ1n) is 6.20. The van der Waals surface area contributed by atoms with Crippen molar-refractivity contribution < 1.29 is 4.79 Å². The molecule has 1 aromatic carbocycles. The zero-order valence-corrected chi connectivity index (χ0v) is 11.9. The van der Waals surface area contributed by atoms with Gasteiger partial charge in [0.15, 0.2) is 0 Å². The van der Waals surface area contributed by atoms with Gasteiger partial charge in [0.2, 0.25) is 5.91 Å². The van der Waals surface area contributed by atoms with Crippen molar-refractivity contribution in [2.45, 2.75) is 25.4 Å². The number of benzene rings is 1. The number of amides is 1. The van der Waals surface area contributed by atoms with Crippen LogP contribution in [-0.4, -0.2) is 5.91 Å². The van der Waals surface area contributed by atoms with Crippen LogP contribution in [0, 0.1) is 0 Å². The van der Waals surface area contributed by atoms with Crippen molar-refractivity contribution in [2.24, 2.45) is 5.73 Å². The van der Waals surface area contributed by atoms with E-state index in [1.165, 1.54) is 0 Å². The molecule has 3 N–H and O–H groups in total. The Balaban J connectivity index is 2.11. The second kappa shape index (κ2) is 5.55. The van der Waals surface area contributed by atoms with E-state index in [-0.39, 0.29) is 11.9 Å². The summed E-state index contributed by atoms with van der Waals surface area (Å²) in [5, 5.41) is 4.96. The zero-order chi connectivity index (χ0) is 13.9. The van der Waals surface area contributed by atoms with E-state index in [9.17, 15) is 4.79 Å². The largest absolute Gasteiger partial charge is 0.347 e. The van der Waals surface area contributed by atoms with Crippen LogP contribution in [0.1, 0.15) is 30.3 Å². The lowest BCUT2D eigenvalue weighted by molar-refractivity contribution is -0.126. The molecule has 4 heteroatoms. The Morgan fingerprint density at radius 1 is 1.26 bits per heavy atom. The van der Waals surface area contributed by atoms with Crippen molar-refractivity contribution in [1.29, 1.82) is 0 Å². The second-order valence-electron chi connectivity index (χ2n) is 4.78. The van der Waals surface area contributed by atoms with Crippen molar-refractivity contribution in [2.75, 3.05) is 0 Å². The monoisotopic (exact) mass is 274 g/mol. The van der Waals surface area contributed by atoms with E-state index in [0.29, 0.717) is 0 Å². The molecule has 0 aliphatic rings. The first kappa shape index (κ1) is 13.8. The van der Waals surface area contributed by atoms with Crippen molar-refractivity contribution in [1.82, 2.24) is 5.32 Å². The number of carbonyl (C=O) groups is 1. The minimum absolute atomic E-state index is 0.0286. The summed E-state index contributed by atoms with van der Waals surface area (Å²) >= 11 is 1.62. The normalized spacial score (nSPS) is 15.5. The Labute approximate surface area is 117 Å². The average molecular weight is 274 g/mol. The fourth-order valence-electron chi connectivity index (χ4n) is 1.87. The summed E-state index contributed by atoms with van der Waals surface area (Å²) in [5.41, 5.74) is 5.96. The first-order valence-corrected chi connectivity index (χ1v) is 7.08. The maximum atomic E-state index is 12.3. The predicted molar refractivity (Wildman–Crippen MR) is 78.9 cm³/mol. The average Bonchev–Trinajstić information content (AvgIpc) is 2.93. The molecule has 0 fully saturated rings. The van der Waals surface area contributed by atoms with Crippen LogP contribution in [0.15, 0.2) is 47.8 Å². The minimum Gasteiger partial charge on any atom is -0.347 e. The number of hydrogen-bond acceptors (Lipinski definition) is 3.